The van der Waals surface area contributed by atoms with E-state index >= 15 is 0 Å². The Labute approximate surface area is 115 Å². The van der Waals surface area contributed by atoms with Crippen molar-refractivity contribution in [1.29, 1.82) is 0 Å². The van der Waals surface area contributed by atoms with E-state index in [1.54, 1.807) is 0 Å². The number of benzene rings is 1. The Morgan fingerprint density at radius 2 is 2.00 bits per heavy atom. The minimum Gasteiger partial charge on any atom is -0.399 e. The first kappa shape index (κ1) is 13.9. The summed E-state index contributed by atoms with van der Waals surface area (Å²) in [5.41, 5.74) is 8.90. The smallest absolute Gasteiger partial charge is 0.110 e. The van der Waals surface area contributed by atoms with Crippen molar-refractivity contribution in [2.45, 2.75) is 53.0 Å². The number of anilines is 1. The maximum atomic E-state index is 5.87. The zero-order valence-corrected chi connectivity index (χ0v) is 12.5. The Morgan fingerprint density at radius 3 is 2.63 bits per heavy atom. The van der Waals surface area contributed by atoms with Crippen LogP contribution < -0.4 is 5.73 Å². The Morgan fingerprint density at radius 1 is 1.26 bits per heavy atom. The third-order valence-corrected chi connectivity index (χ3v) is 4.13. The number of hydrogen-bond acceptors (Lipinski definition) is 2. The van der Waals surface area contributed by atoms with Crippen molar-refractivity contribution in [1.82, 2.24) is 9.55 Å². The predicted molar refractivity (Wildman–Crippen MR) is 82.3 cm³/mol. The van der Waals surface area contributed by atoms with Gasteiger partial charge in [0.25, 0.3) is 0 Å². The maximum Gasteiger partial charge on any atom is 0.110 e. The van der Waals surface area contributed by atoms with Gasteiger partial charge in [-0.2, -0.15) is 0 Å². The highest BCUT2D eigenvalue weighted by Gasteiger charge is 2.19. The molecule has 0 fully saturated rings. The Kier molecular flexibility index (Phi) is 4.13. The lowest BCUT2D eigenvalue weighted by molar-refractivity contribution is 0.368. The van der Waals surface area contributed by atoms with E-state index in [4.69, 9.17) is 10.7 Å². The molecule has 2 atom stereocenters. The van der Waals surface area contributed by atoms with Gasteiger partial charge in [0.2, 0.25) is 0 Å². The van der Waals surface area contributed by atoms with Gasteiger partial charge in [0.1, 0.15) is 5.82 Å². The molecule has 1 heterocycles. The number of imidazole rings is 1. The van der Waals surface area contributed by atoms with E-state index in [0.717, 1.165) is 24.0 Å². The molecule has 0 aliphatic carbocycles. The molecule has 0 saturated carbocycles. The van der Waals surface area contributed by atoms with Crippen molar-refractivity contribution in [3.63, 3.8) is 0 Å². The SMILES string of the molecule is CCCc1nc2cc(N)ccc2n1C(C)C(C)CC. The van der Waals surface area contributed by atoms with Crippen LogP contribution in [0.2, 0.25) is 0 Å². The van der Waals surface area contributed by atoms with E-state index in [1.807, 2.05) is 12.1 Å². The summed E-state index contributed by atoms with van der Waals surface area (Å²) in [6.07, 6.45) is 3.32. The first-order chi connectivity index (χ1) is 9.08. The van der Waals surface area contributed by atoms with Crippen LogP contribution in [0.4, 0.5) is 5.69 Å². The van der Waals surface area contributed by atoms with Crippen LogP contribution in [-0.2, 0) is 6.42 Å². The molecule has 2 aromatic rings. The lowest BCUT2D eigenvalue weighted by atomic mass is 10.00. The first-order valence-corrected chi connectivity index (χ1v) is 7.34. The van der Waals surface area contributed by atoms with Crippen LogP contribution in [0.1, 0.15) is 52.4 Å². The molecule has 0 amide bonds. The average Bonchev–Trinajstić information content (AvgIpc) is 2.74. The quantitative estimate of drug-likeness (QED) is 0.819. The third-order valence-electron chi connectivity index (χ3n) is 4.13. The normalized spacial score (nSPS) is 14.7. The summed E-state index contributed by atoms with van der Waals surface area (Å²) in [6, 6.07) is 6.53. The topological polar surface area (TPSA) is 43.8 Å². The summed E-state index contributed by atoms with van der Waals surface area (Å²) < 4.78 is 2.41. The van der Waals surface area contributed by atoms with Gasteiger partial charge in [0.05, 0.1) is 11.0 Å². The third kappa shape index (κ3) is 2.60. The Balaban J connectivity index is 2.57. The van der Waals surface area contributed by atoms with E-state index in [-0.39, 0.29) is 0 Å². The number of nitrogens with zero attached hydrogens (tertiary/aromatic N) is 2. The van der Waals surface area contributed by atoms with Crippen LogP contribution in [0, 0.1) is 5.92 Å². The van der Waals surface area contributed by atoms with E-state index < -0.39 is 0 Å². The Bertz CT molecular complexity index is 556. The number of rotatable bonds is 5. The fourth-order valence-corrected chi connectivity index (χ4v) is 2.62. The van der Waals surface area contributed by atoms with Gasteiger partial charge < -0.3 is 10.3 Å². The van der Waals surface area contributed by atoms with E-state index in [9.17, 15) is 0 Å². The number of aryl methyl sites for hydroxylation is 1. The molecule has 19 heavy (non-hydrogen) atoms. The maximum absolute atomic E-state index is 5.87. The molecule has 0 bridgehead atoms. The van der Waals surface area contributed by atoms with Gasteiger partial charge in [-0.25, -0.2) is 4.98 Å². The molecule has 104 valence electrons. The fourth-order valence-electron chi connectivity index (χ4n) is 2.62. The highest BCUT2D eigenvalue weighted by atomic mass is 15.1. The zero-order valence-electron chi connectivity index (χ0n) is 12.5. The average molecular weight is 259 g/mol. The van der Waals surface area contributed by atoms with Crippen molar-refractivity contribution in [2.75, 3.05) is 5.73 Å². The molecular formula is C16H25N3. The summed E-state index contributed by atoms with van der Waals surface area (Å²) >= 11 is 0. The van der Waals surface area contributed by atoms with Gasteiger partial charge >= 0.3 is 0 Å². The molecule has 0 spiro atoms. The molecule has 3 nitrogen and oxygen atoms in total. The minimum absolute atomic E-state index is 0.472. The number of aromatic nitrogens is 2. The van der Waals surface area contributed by atoms with Gasteiger partial charge in [0, 0.05) is 18.2 Å². The number of nitrogens with two attached hydrogens (primary N) is 1. The Hall–Kier alpha value is -1.51. The monoisotopic (exact) mass is 259 g/mol. The molecule has 0 saturated heterocycles. The van der Waals surface area contributed by atoms with Crippen LogP contribution in [-0.4, -0.2) is 9.55 Å². The lowest BCUT2D eigenvalue weighted by Crippen LogP contribution is -2.16. The first-order valence-electron chi connectivity index (χ1n) is 7.34. The zero-order chi connectivity index (χ0) is 14.0. The predicted octanol–water partition coefficient (Wildman–Crippen LogP) is 4.18. The number of hydrogen-bond donors (Lipinski definition) is 1. The summed E-state index contributed by atoms with van der Waals surface area (Å²) in [5, 5.41) is 0. The summed E-state index contributed by atoms with van der Waals surface area (Å²) in [5.74, 6) is 1.83. The van der Waals surface area contributed by atoms with E-state index in [1.165, 1.54) is 17.8 Å². The highest BCUT2D eigenvalue weighted by molar-refractivity contribution is 5.79. The number of nitrogen functional groups attached to an aromatic ring is 1. The molecule has 1 aromatic carbocycles. The molecule has 2 rings (SSSR count). The highest BCUT2D eigenvalue weighted by Crippen LogP contribution is 2.29. The largest absolute Gasteiger partial charge is 0.399 e. The molecule has 3 heteroatoms. The van der Waals surface area contributed by atoms with Crippen molar-refractivity contribution in [3.05, 3.63) is 24.0 Å². The van der Waals surface area contributed by atoms with Gasteiger partial charge in [-0.15, -0.1) is 0 Å². The summed E-state index contributed by atoms with van der Waals surface area (Å²) in [4.78, 5) is 4.78. The van der Waals surface area contributed by atoms with Gasteiger partial charge in [-0.1, -0.05) is 27.2 Å². The fraction of sp³-hybridized carbons (Fsp3) is 0.562. The summed E-state index contributed by atoms with van der Waals surface area (Å²) in [6.45, 7) is 9.05. The van der Waals surface area contributed by atoms with Crippen molar-refractivity contribution in [3.8, 4) is 0 Å². The van der Waals surface area contributed by atoms with E-state index in [0.29, 0.717) is 12.0 Å². The summed E-state index contributed by atoms with van der Waals surface area (Å²) in [7, 11) is 0. The standard InChI is InChI=1S/C16H25N3/c1-5-7-16-18-14-10-13(17)8-9-15(14)19(16)12(4)11(3)6-2/h8-12H,5-7,17H2,1-4H3. The van der Waals surface area contributed by atoms with Gasteiger partial charge in [-0.05, 0) is 37.5 Å². The van der Waals surface area contributed by atoms with Crippen molar-refractivity contribution >= 4 is 16.7 Å². The van der Waals surface area contributed by atoms with Crippen LogP contribution in [0.3, 0.4) is 0 Å². The van der Waals surface area contributed by atoms with Crippen LogP contribution in [0.15, 0.2) is 18.2 Å². The van der Waals surface area contributed by atoms with Gasteiger partial charge in [-0.3, -0.25) is 0 Å². The van der Waals surface area contributed by atoms with Crippen LogP contribution in [0.5, 0.6) is 0 Å². The van der Waals surface area contributed by atoms with Crippen molar-refractivity contribution in [2.24, 2.45) is 5.92 Å². The molecule has 0 aliphatic rings. The second-order valence-electron chi connectivity index (χ2n) is 5.52. The molecular weight excluding hydrogens is 234 g/mol. The molecule has 0 radical (unpaired) electrons. The second kappa shape index (κ2) is 5.64. The van der Waals surface area contributed by atoms with Gasteiger partial charge in [0.15, 0.2) is 0 Å². The molecule has 1 aromatic heterocycles. The van der Waals surface area contributed by atoms with Crippen LogP contribution >= 0.6 is 0 Å². The molecule has 2 unspecified atom stereocenters. The second-order valence-corrected chi connectivity index (χ2v) is 5.52. The number of fused-ring (bicyclic) bond motifs is 1. The van der Waals surface area contributed by atoms with Crippen LogP contribution in [0.25, 0.3) is 11.0 Å². The lowest BCUT2D eigenvalue weighted by Gasteiger charge is -2.23. The van der Waals surface area contributed by atoms with Crippen molar-refractivity contribution < 1.29 is 0 Å². The molecule has 0 aliphatic heterocycles. The molecule has 2 N–H and O–H groups in total. The van der Waals surface area contributed by atoms with E-state index in [2.05, 4.69) is 38.3 Å². The minimum atomic E-state index is 0.472.